The third kappa shape index (κ3) is 2.73. The van der Waals surface area contributed by atoms with Crippen LogP contribution in [0, 0.1) is 10.1 Å². The van der Waals surface area contributed by atoms with Gasteiger partial charge in [-0.15, -0.1) is 0 Å². The van der Waals surface area contributed by atoms with Crippen molar-refractivity contribution in [2.45, 2.75) is 5.00 Å². The standard InChI is InChI=1S/C12H10Cl2N2O3/c13-9-1-2-11(16(18)19)10(5-9)12(14)4-3-8(7-17)6-15-12/h1-6,15,17H,7H2. The first kappa shape index (κ1) is 13.9. The summed E-state index contributed by atoms with van der Waals surface area (Å²) in [5, 5.41) is 23.2. The zero-order valence-electron chi connectivity index (χ0n) is 9.64. The molecule has 1 heterocycles. The Kier molecular flexibility index (Phi) is 3.80. The average molecular weight is 301 g/mol. The van der Waals surface area contributed by atoms with Crippen molar-refractivity contribution in [3.63, 3.8) is 0 Å². The molecule has 1 unspecified atom stereocenters. The number of nitrogens with zero attached hydrogens (tertiary/aromatic N) is 1. The van der Waals surface area contributed by atoms with Gasteiger partial charge in [-0.1, -0.05) is 29.3 Å². The van der Waals surface area contributed by atoms with Crippen LogP contribution in [0.2, 0.25) is 5.02 Å². The Morgan fingerprint density at radius 3 is 2.74 bits per heavy atom. The van der Waals surface area contributed by atoms with Crippen molar-refractivity contribution < 1.29 is 10.0 Å². The van der Waals surface area contributed by atoms with Gasteiger partial charge in [0.15, 0.2) is 5.00 Å². The molecule has 1 atom stereocenters. The van der Waals surface area contributed by atoms with Crippen LogP contribution >= 0.6 is 23.2 Å². The van der Waals surface area contributed by atoms with Crippen molar-refractivity contribution in [1.29, 1.82) is 0 Å². The summed E-state index contributed by atoms with van der Waals surface area (Å²) in [5.74, 6) is 0. The third-order valence-corrected chi connectivity index (χ3v) is 3.40. The number of nitro benzene ring substituents is 1. The van der Waals surface area contributed by atoms with Gasteiger partial charge in [-0.25, -0.2) is 0 Å². The minimum absolute atomic E-state index is 0.127. The highest BCUT2D eigenvalue weighted by Gasteiger charge is 2.34. The fourth-order valence-electron chi connectivity index (χ4n) is 1.74. The number of halogens is 2. The van der Waals surface area contributed by atoms with E-state index in [4.69, 9.17) is 28.3 Å². The molecule has 0 saturated heterocycles. The molecule has 1 aliphatic heterocycles. The maximum absolute atomic E-state index is 11.0. The van der Waals surface area contributed by atoms with Crippen LogP contribution in [0.5, 0.6) is 0 Å². The first-order chi connectivity index (χ1) is 8.96. The van der Waals surface area contributed by atoms with Crippen molar-refractivity contribution >= 4 is 28.9 Å². The summed E-state index contributed by atoms with van der Waals surface area (Å²) in [4.78, 5) is 9.26. The van der Waals surface area contributed by atoms with E-state index >= 15 is 0 Å². The molecule has 0 saturated carbocycles. The molecule has 0 spiro atoms. The quantitative estimate of drug-likeness (QED) is 0.389. The molecule has 0 bridgehead atoms. The van der Waals surface area contributed by atoms with Crippen LogP contribution in [0.4, 0.5) is 5.69 Å². The van der Waals surface area contributed by atoms with Gasteiger partial charge in [-0.05, 0) is 23.8 Å². The summed E-state index contributed by atoms with van der Waals surface area (Å²) in [7, 11) is 0. The minimum atomic E-state index is -1.26. The van der Waals surface area contributed by atoms with Gasteiger partial charge < -0.3 is 10.4 Å². The van der Waals surface area contributed by atoms with Crippen molar-refractivity contribution in [3.8, 4) is 0 Å². The molecule has 5 nitrogen and oxygen atoms in total. The lowest BCUT2D eigenvalue weighted by Gasteiger charge is -2.27. The van der Waals surface area contributed by atoms with Crippen LogP contribution in [0.1, 0.15) is 5.56 Å². The van der Waals surface area contributed by atoms with Gasteiger partial charge in [0, 0.05) is 17.3 Å². The van der Waals surface area contributed by atoms with E-state index in [2.05, 4.69) is 5.32 Å². The molecule has 2 rings (SSSR count). The Balaban J connectivity index is 2.48. The highest BCUT2D eigenvalue weighted by molar-refractivity contribution is 6.31. The fraction of sp³-hybridized carbons (Fsp3) is 0.167. The molecule has 7 heteroatoms. The maximum Gasteiger partial charge on any atom is 0.276 e. The number of alkyl halides is 1. The molecule has 100 valence electrons. The minimum Gasteiger partial charge on any atom is -0.392 e. The summed E-state index contributed by atoms with van der Waals surface area (Å²) in [6, 6.07) is 4.19. The molecule has 1 aromatic rings. The molecule has 0 radical (unpaired) electrons. The Hall–Kier alpha value is -1.56. The number of hydrogen-bond acceptors (Lipinski definition) is 4. The number of dihydropyridines is 1. The van der Waals surface area contributed by atoms with Gasteiger partial charge in [0.25, 0.3) is 5.69 Å². The number of benzene rings is 1. The normalized spacial score (nSPS) is 21.7. The SMILES string of the molecule is O=[N+]([O-])c1ccc(Cl)cc1C1(Cl)C=CC(CO)=CN1. The van der Waals surface area contributed by atoms with Gasteiger partial charge in [-0.2, -0.15) is 0 Å². The number of nitrogens with one attached hydrogen (secondary N) is 1. The highest BCUT2D eigenvalue weighted by atomic mass is 35.5. The van der Waals surface area contributed by atoms with E-state index in [9.17, 15) is 10.1 Å². The van der Waals surface area contributed by atoms with E-state index in [1.54, 1.807) is 12.2 Å². The largest absolute Gasteiger partial charge is 0.392 e. The monoisotopic (exact) mass is 300 g/mol. The van der Waals surface area contributed by atoms with Crippen LogP contribution in [0.25, 0.3) is 0 Å². The molecule has 0 fully saturated rings. The number of nitro groups is 1. The van der Waals surface area contributed by atoms with Crippen molar-refractivity contribution in [1.82, 2.24) is 5.32 Å². The number of aliphatic hydroxyl groups is 1. The Morgan fingerprint density at radius 2 is 2.21 bits per heavy atom. The molecule has 1 aromatic carbocycles. The Morgan fingerprint density at radius 1 is 1.47 bits per heavy atom. The summed E-state index contributed by atoms with van der Waals surface area (Å²) < 4.78 is 0. The zero-order valence-corrected chi connectivity index (χ0v) is 11.1. The van der Waals surface area contributed by atoms with Crippen LogP contribution in [0.15, 0.2) is 42.1 Å². The third-order valence-electron chi connectivity index (χ3n) is 2.72. The van der Waals surface area contributed by atoms with Crippen LogP contribution in [0.3, 0.4) is 0 Å². The van der Waals surface area contributed by atoms with Gasteiger partial charge >= 0.3 is 0 Å². The Bertz CT molecular complexity index is 586. The van der Waals surface area contributed by atoms with E-state index in [1.807, 2.05) is 0 Å². The number of rotatable bonds is 3. The summed E-state index contributed by atoms with van der Waals surface area (Å²) in [6.45, 7) is -0.145. The maximum atomic E-state index is 11.0. The van der Waals surface area contributed by atoms with E-state index in [0.29, 0.717) is 10.6 Å². The Labute approximate surface area is 119 Å². The second-order valence-electron chi connectivity index (χ2n) is 3.99. The van der Waals surface area contributed by atoms with Crippen LogP contribution < -0.4 is 5.32 Å². The lowest BCUT2D eigenvalue weighted by Crippen LogP contribution is -2.34. The smallest absolute Gasteiger partial charge is 0.276 e. The molecular weight excluding hydrogens is 291 g/mol. The molecule has 2 N–H and O–H groups in total. The van der Waals surface area contributed by atoms with Gasteiger partial charge in [0.05, 0.1) is 17.1 Å². The van der Waals surface area contributed by atoms with Gasteiger partial charge in [-0.3, -0.25) is 10.1 Å². The predicted molar refractivity (Wildman–Crippen MR) is 73.1 cm³/mol. The topological polar surface area (TPSA) is 75.4 Å². The molecule has 0 aromatic heterocycles. The second kappa shape index (κ2) is 5.21. The summed E-state index contributed by atoms with van der Waals surface area (Å²) in [5.41, 5.74) is 0.745. The van der Waals surface area contributed by atoms with E-state index in [-0.39, 0.29) is 17.9 Å². The predicted octanol–water partition coefficient (Wildman–Crippen LogP) is 2.68. The van der Waals surface area contributed by atoms with Crippen molar-refractivity contribution in [3.05, 3.63) is 62.8 Å². The molecule has 0 aliphatic carbocycles. The second-order valence-corrected chi connectivity index (χ2v) is 5.02. The zero-order chi connectivity index (χ0) is 14.0. The number of hydrogen-bond donors (Lipinski definition) is 2. The summed E-state index contributed by atoms with van der Waals surface area (Å²) >= 11 is 12.2. The molecule has 19 heavy (non-hydrogen) atoms. The van der Waals surface area contributed by atoms with Crippen LogP contribution in [-0.2, 0) is 5.00 Å². The lowest BCUT2D eigenvalue weighted by molar-refractivity contribution is -0.385. The highest BCUT2D eigenvalue weighted by Crippen LogP contribution is 2.38. The molecule has 0 amide bonds. The van der Waals surface area contributed by atoms with E-state index in [1.165, 1.54) is 24.4 Å². The van der Waals surface area contributed by atoms with Crippen LogP contribution in [-0.4, -0.2) is 16.6 Å². The van der Waals surface area contributed by atoms with Gasteiger partial charge in [0.2, 0.25) is 0 Å². The molecule has 1 aliphatic rings. The van der Waals surface area contributed by atoms with E-state index in [0.717, 1.165) is 0 Å². The first-order valence-electron chi connectivity index (χ1n) is 5.36. The first-order valence-corrected chi connectivity index (χ1v) is 6.12. The summed E-state index contributed by atoms with van der Waals surface area (Å²) in [6.07, 6.45) is 4.66. The fourth-order valence-corrected chi connectivity index (χ4v) is 2.18. The van der Waals surface area contributed by atoms with Crippen molar-refractivity contribution in [2.75, 3.05) is 6.61 Å². The lowest BCUT2D eigenvalue weighted by atomic mass is 10.0. The number of aliphatic hydroxyl groups excluding tert-OH is 1. The average Bonchev–Trinajstić information content (AvgIpc) is 2.39. The molecular formula is C12H10Cl2N2O3. The van der Waals surface area contributed by atoms with Gasteiger partial charge in [0.1, 0.15) is 0 Å². The van der Waals surface area contributed by atoms with E-state index < -0.39 is 9.92 Å². The van der Waals surface area contributed by atoms with Crippen molar-refractivity contribution in [2.24, 2.45) is 0 Å².